The van der Waals surface area contributed by atoms with E-state index in [1.165, 1.54) is 7.11 Å². The average molecular weight is 661 g/mol. The van der Waals surface area contributed by atoms with Gasteiger partial charge >= 0.3 is 5.97 Å². The van der Waals surface area contributed by atoms with E-state index in [2.05, 4.69) is 41.7 Å². The van der Waals surface area contributed by atoms with Crippen LogP contribution >= 0.6 is 30.6 Å². The third-order valence-corrected chi connectivity index (χ3v) is 11.9. The summed E-state index contributed by atoms with van der Waals surface area (Å²) >= 11 is 8.24. The molecule has 0 aromatic heterocycles. The van der Waals surface area contributed by atoms with E-state index in [0.717, 1.165) is 33.2 Å². The van der Waals surface area contributed by atoms with Crippen molar-refractivity contribution in [2.24, 2.45) is 0 Å². The molecule has 0 bridgehead atoms. The van der Waals surface area contributed by atoms with Gasteiger partial charge in [0.1, 0.15) is 20.3 Å². The number of thioether (sulfide) groups is 1. The van der Waals surface area contributed by atoms with Crippen LogP contribution in [0.4, 0.5) is 0 Å². The first-order valence-corrected chi connectivity index (χ1v) is 17.0. The van der Waals surface area contributed by atoms with E-state index >= 15 is 0 Å². The molecule has 4 aromatic carbocycles. The summed E-state index contributed by atoms with van der Waals surface area (Å²) in [7, 11) is -6.33. The van der Waals surface area contributed by atoms with E-state index in [4.69, 9.17) is 35.0 Å². The van der Waals surface area contributed by atoms with Crippen LogP contribution in [0.25, 0.3) is 0 Å². The number of benzene rings is 4. The third kappa shape index (κ3) is 9.63. The molecule has 0 aliphatic carbocycles. The number of nitrogens with one attached hydrogen (secondary N) is 1. The van der Waals surface area contributed by atoms with Crippen LogP contribution in [0, 0.1) is 17.2 Å². The van der Waals surface area contributed by atoms with E-state index in [1.54, 1.807) is 12.1 Å². The minimum atomic E-state index is -4.94. The minimum absolute atomic E-state index is 0.0115. The number of halogens is 2. The number of hydrogen-bond acceptors (Lipinski definition) is 8. The predicted octanol–water partition coefficient (Wildman–Crippen LogP) is 1.23. The number of hydrogen-bond donors (Lipinski definition) is 1. The smallest absolute Gasteiger partial charge is 0.316 e. The topological polar surface area (TPSA) is 148 Å². The normalized spacial score (nSPS) is 11.9. The summed E-state index contributed by atoms with van der Waals surface area (Å²) in [4.78, 5) is 25.8. The predicted molar refractivity (Wildman–Crippen MR) is 161 cm³/mol. The number of esters is 1. The molecule has 0 spiro atoms. The van der Waals surface area contributed by atoms with Gasteiger partial charge in [0, 0.05) is 5.56 Å². The van der Waals surface area contributed by atoms with Crippen molar-refractivity contribution in [2.45, 2.75) is 6.92 Å². The number of aryl methyl sites for hydroxylation is 1. The van der Waals surface area contributed by atoms with Gasteiger partial charge in [-0.15, -0.1) is 10.2 Å². The van der Waals surface area contributed by atoms with Crippen molar-refractivity contribution in [3.8, 4) is 0 Å². The molecule has 0 aliphatic rings. The maximum Gasteiger partial charge on any atom is 0.316 e. The van der Waals surface area contributed by atoms with Crippen molar-refractivity contribution >= 4 is 58.4 Å². The van der Waals surface area contributed by atoms with Crippen LogP contribution in [0.15, 0.2) is 125 Å². The number of ether oxygens (including phenoxy) is 1. The molecule has 224 valence electrons. The number of amides is 1. The zero-order chi connectivity index (χ0) is 31.5. The molecule has 12 heteroatoms. The zero-order valence-electron chi connectivity index (χ0n) is 23.1. The van der Waals surface area contributed by atoms with Crippen molar-refractivity contribution < 1.29 is 43.2 Å². The second-order valence-corrected chi connectivity index (χ2v) is 14.5. The van der Waals surface area contributed by atoms with Gasteiger partial charge in [-0.3, -0.25) is 14.9 Å². The molecule has 0 heterocycles. The van der Waals surface area contributed by atoms with Crippen LogP contribution < -0.4 is 39.9 Å². The highest BCUT2D eigenvalue weighted by molar-refractivity contribution is 8.06. The SMILES string of the molecule is COC(=O)CS/C(Cl)=C(\NC(=O)c1ccc(C)cc1)[P+](c1ccccc1)(c1ccccc1)c1ccccc1.[O-][Cl+3]([O-])([O-])[O-]. The number of rotatable bonds is 9. The highest BCUT2D eigenvalue weighted by Crippen LogP contribution is 2.63. The Morgan fingerprint density at radius 2 is 1.16 bits per heavy atom. The fourth-order valence-corrected chi connectivity index (χ4v) is 9.99. The van der Waals surface area contributed by atoms with Gasteiger partial charge in [0.25, 0.3) is 5.91 Å². The molecule has 0 saturated heterocycles. The van der Waals surface area contributed by atoms with Crippen LogP contribution in [0.1, 0.15) is 15.9 Å². The standard InChI is InChI=1S/C31H27ClNO3PS.ClHO4/c1-23-18-20-24(21-19-23)30(35)33-31(29(32)38-22-28(34)36-2)37(25-12-6-3-7-13-25,26-14-8-4-9-15-26)27-16-10-5-11-17-27;2-1(3,4)5/h3-21H,22H2,1-2H3;(H,2,3,4,5)/b31-29+;. The lowest BCUT2D eigenvalue weighted by molar-refractivity contribution is -2.00. The highest BCUT2D eigenvalue weighted by Gasteiger charge is 2.52. The molecule has 0 unspecified atom stereocenters. The third-order valence-electron chi connectivity index (χ3n) is 6.04. The fraction of sp³-hybridized carbons (Fsp3) is 0.0968. The van der Waals surface area contributed by atoms with Crippen LogP contribution in [0.5, 0.6) is 0 Å². The summed E-state index contributed by atoms with van der Waals surface area (Å²) in [5.41, 5.74) is 2.15. The Morgan fingerprint density at radius 3 is 1.53 bits per heavy atom. The van der Waals surface area contributed by atoms with Gasteiger partial charge in [0.05, 0.1) is 12.9 Å². The Hall–Kier alpha value is -3.24. The molecular formula is C31H28Cl2NO7PS. The van der Waals surface area contributed by atoms with E-state index in [9.17, 15) is 9.59 Å². The van der Waals surface area contributed by atoms with E-state index in [1.807, 2.05) is 73.7 Å². The number of methoxy groups -OCH3 is 1. The van der Waals surface area contributed by atoms with E-state index in [0.29, 0.717) is 15.4 Å². The monoisotopic (exact) mass is 659 g/mol. The van der Waals surface area contributed by atoms with E-state index in [-0.39, 0.29) is 11.7 Å². The lowest BCUT2D eigenvalue weighted by Gasteiger charge is -2.30. The summed E-state index contributed by atoms with van der Waals surface area (Å²) in [6, 6.07) is 37.7. The van der Waals surface area contributed by atoms with E-state index < -0.39 is 23.5 Å². The molecule has 0 aliphatic heterocycles. The Labute approximate surface area is 262 Å². The Morgan fingerprint density at radius 1 is 0.767 bits per heavy atom. The van der Waals surface area contributed by atoms with Gasteiger partial charge in [-0.25, -0.2) is 18.6 Å². The van der Waals surface area contributed by atoms with Gasteiger partial charge in [-0.05, 0) is 55.5 Å². The zero-order valence-corrected chi connectivity index (χ0v) is 26.4. The van der Waals surface area contributed by atoms with Crippen molar-refractivity contribution in [3.05, 3.63) is 136 Å². The molecule has 1 amide bonds. The number of carbonyl (C=O) groups excluding carboxylic acids is 2. The molecule has 0 fully saturated rings. The van der Waals surface area contributed by atoms with Gasteiger partial charge < -0.3 is 4.74 Å². The Balaban J connectivity index is 0.000000934. The Bertz CT molecular complexity index is 1420. The summed E-state index contributed by atoms with van der Waals surface area (Å²) in [5.74, 6) is -0.665. The van der Waals surface area contributed by atoms with Crippen LogP contribution in [-0.2, 0) is 9.53 Å². The van der Waals surface area contributed by atoms with Crippen LogP contribution in [-0.4, -0.2) is 24.7 Å². The molecule has 4 rings (SSSR count). The van der Waals surface area contributed by atoms with Crippen LogP contribution in [0.3, 0.4) is 0 Å². The van der Waals surface area contributed by atoms with Crippen molar-refractivity contribution in [1.29, 1.82) is 0 Å². The molecule has 4 aromatic rings. The first-order chi connectivity index (χ1) is 20.5. The maximum atomic E-state index is 13.7. The van der Waals surface area contributed by atoms with Crippen molar-refractivity contribution in [3.63, 3.8) is 0 Å². The molecule has 0 atom stereocenters. The largest absolute Gasteiger partial charge is 0.468 e. The summed E-state index contributed by atoms with van der Waals surface area (Å²) < 4.78 is 39.2. The minimum Gasteiger partial charge on any atom is -0.468 e. The molecule has 8 nitrogen and oxygen atoms in total. The highest BCUT2D eigenvalue weighted by atomic mass is 35.7. The lowest BCUT2D eigenvalue weighted by Crippen LogP contribution is -2.68. The first-order valence-electron chi connectivity index (χ1n) is 12.6. The van der Waals surface area contributed by atoms with Crippen molar-refractivity contribution in [2.75, 3.05) is 12.9 Å². The van der Waals surface area contributed by atoms with Crippen LogP contribution in [0.2, 0.25) is 0 Å². The first kappa shape index (κ1) is 34.3. The molecule has 43 heavy (non-hydrogen) atoms. The average Bonchev–Trinajstić information content (AvgIpc) is 3.00. The molecule has 0 saturated carbocycles. The molecule has 0 radical (unpaired) electrons. The van der Waals surface area contributed by atoms with Gasteiger partial charge in [0.15, 0.2) is 7.26 Å². The number of carbonyl (C=O) groups is 2. The summed E-state index contributed by atoms with van der Waals surface area (Å²) in [6.07, 6.45) is 0. The lowest BCUT2D eigenvalue weighted by atomic mass is 10.1. The van der Waals surface area contributed by atoms with Gasteiger partial charge in [-0.2, -0.15) is 0 Å². The second kappa shape index (κ2) is 16.0. The quantitative estimate of drug-likeness (QED) is 0.208. The van der Waals surface area contributed by atoms with Gasteiger partial charge in [0.2, 0.25) is 5.44 Å². The maximum absolute atomic E-state index is 13.7. The molecular weight excluding hydrogens is 632 g/mol. The summed E-state index contributed by atoms with van der Waals surface area (Å²) in [5, 5.41) is 6.28. The van der Waals surface area contributed by atoms with Gasteiger partial charge in [-0.1, -0.05) is 95.7 Å². The molecule has 1 N–H and O–H groups in total. The van der Waals surface area contributed by atoms with Crippen molar-refractivity contribution in [1.82, 2.24) is 5.32 Å². The fourth-order valence-electron chi connectivity index (χ4n) is 4.19. The summed E-state index contributed by atoms with van der Waals surface area (Å²) in [6.45, 7) is 1.98. The second-order valence-electron chi connectivity index (χ2n) is 8.86. The Kier molecular flexibility index (Phi) is 12.7.